The summed E-state index contributed by atoms with van der Waals surface area (Å²) in [7, 11) is 1.52. The van der Waals surface area contributed by atoms with Gasteiger partial charge in [0.2, 0.25) is 0 Å². The fourth-order valence-electron chi connectivity index (χ4n) is 3.45. The Balaban J connectivity index is 1.44. The van der Waals surface area contributed by atoms with E-state index >= 15 is 0 Å². The molecule has 0 aliphatic carbocycles. The van der Waals surface area contributed by atoms with Crippen molar-refractivity contribution in [1.82, 2.24) is 15.1 Å². The van der Waals surface area contributed by atoms with Crippen molar-refractivity contribution in [3.05, 3.63) is 100 Å². The Morgan fingerprint density at radius 2 is 1.56 bits per heavy atom. The van der Waals surface area contributed by atoms with E-state index in [4.69, 9.17) is 9.47 Å². The third kappa shape index (κ3) is 5.73. The number of esters is 1. The maximum absolute atomic E-state index is 12.9. The van der Waals surface area contributed by atoms with Crippen LogP contribution in [0.15, 0.2) is 83.7 Å². The zero-order valence-electron chi connectivity index (χ0n) is 19.3. The second-order valence-electron chi connectivity index (χ2n) is 7.65. The van der Waals surface area contributed by atoms with Crippen LogP contribution in [-0.4, -0.2) is 41.4 Å². The Bertz CT molecular complexity index is 1470. The molecule has 0 fully saturated rings. The summed E-state index contributed by atoms with van der Waals surface area (Å²) in [4.78, 5) is 50.0. The van der Waals surface area contributed by atoms with Crippen LogP contribution < -0.4 is 20.9 Å². The van der Waals surface area contributed by atoms with E-state index in [2.05, 4.69) is 15.7 Å². The molecule has 0 unspecified atom stereocenters. The maximum atomic E-state index is 12.9. The highest BCUT2D eigenvalue weighted by Crippen LogP contribution is 2.16. The van der Waals surface area contributed by atoms with Crippen LogP contribution in [0, 0.1) is 0 Å². The number of hydrogen-bond donors (Lipinski definition) is 2. The SMILES string of the molecule is COc1ccc(NC(=O)NC(=O)COC(=O)c2nn(Cc3ccccc3)c(=O)c3ccccc23)cc1. The number of hydrogen-bond acceptors (Lipinski definition) is 7. The van der Waals surface area contributed by atoms with Gasteiger partial charge in [0.05, 0.1) is 19.0 Å². The highest BCUT2D eigenvalue weighted by atomic mass is 16.5. The highest BCUT2D eigenvalue weighted by Gasteiger charge is 2.20. The topological polar surface area (TPSA) is 129 Å². The van der Waals surface area contributed by atoms with E-state index in [0.29, 0.717) is 22.2 Å². The lowest BCUT2D eigenvalue weighted by molar-refractivity contribution is -0.123. The number of fused-ring (bicyclic) bond motifs is 1. The molecule has 36 heavy (non-hydrogen) atoms. The second kappa shape index (κ2) is 11.0. The van der Waals surface area contributed by atoms with Crippen molar-refractivity contribution >= 4 is 34.4 Å². The van der Waals surface area contributed by atoms with Gasteiger partial charge in [0.15, 0.2) is 12.3 Å². The summed E-state index contributed by atoms with van der Waals surface area (Å²) in [6.07, 6.45) is 0. The molecule has 4 rings (SSSR count). The van der Waals surface area contributed by atoms with E-state index in [1.165, 1.54) is 11.8 Å². The number of anilines is 1. The highest BCUT2D eigenvalue weighted by molar-refractivity contribution is 6.04. The Morgan fingerprint density at radius 1 is 0.889 bits per heavy atom. The third-order valence-electron chi connectivity index (χ3n) is 5.17. The molecule has 0 spiro atoms. The molecule has 10 nitrogen and oxygen atoms in total. The number of methoxy groups -OCH3 is 1. The Labute approximate surface area is 205 Å². The minimum atomic E-state index is -0.904. The van der Waals surface area contributed by atoms with Crippen molar-refractivity contribution in [2.45, 2.75) is 6.54 Å². The average Bonchev–Trinajstić information content (AvgIpc) is 2.90. The maximum Gasteiger partial charge on any atom is 0.359 e. The number of carbonyl (C=O) groups excluding carboxylic acids is 3. The number of aromatic nitrogens is 2. The molecule has 0 saturated heterocycles. The molecule has 1 heterocycles. The number of ether oxygens (including phenoxy) is 2. The number of imide groups is 1. The van der Waals surface area contributed by atoms with Gasteiger partial charge in [0.1, 0.15) is 5.75 Å². The molecule has 0 radical (unpaired) electrons. The predicted molar refractivity (Wildman–Crippen MR) is 132 cm³/mol. The minimum absolute atomic E-state index is 0.114. The summed E-state index contributed by atoms with van der Waals surface area (Å²) in [5.74, 6) is -1.13. The van der Waals surface area contributed by atoms with Crippen LogP contribution >= 0.6 is 0 Å². The molecule has 0 aliphatic heterocycles. The molecule has 1 aromatic heterocycles. The monoisotopic (exact) mass is 486 g/mol. The summed E-state index contributed by atoms with van der Waals surface area (Å²) in [6.45, 7) is -0.570. The number of carbonyl (C=O) groups is 3. The standard InChI is InChI=1S/C26H22N4O6/c1-35-19-13-11-18(12-14-19)27-26(34)28-22(31)16-36-25(33)23-20-9-5-6-10-21(20)24(32)30(29-23)15-17-7-3-2-4-8-17/h2-14H,15-16H2,1H3,(H2,27,28,31,34). The van der Waals surface area contributed by atoms with Gasteiger partial charge in [-0.25, -0.2) is 14.3 Å². The normalized spacial score (nSPS) is 10.5. The fourth-order valence-corrected chi connectivity index (χ4v) is 3.45. The quantitative estimate of drug-likeness (QED) is 0.384. The molecule has 3 amide bonds. The van der Waals surface area contributed by atoms with Gasteiger partial charge in [-0.3, -0.25) is 14.9 Å². The first-order valence-electron chi connectivity index (χ1n) is 10.9. The van der Waals surface area contributed by atoms with E-state index in [0.717, 1.165) is 5.56 Å². The summed E-state index contributed by atoms with van der Waals surface area (Å²) in [6, 6.07) is 21.4. The molecule has 0 atom stereocenters. The van der Waals surface area contributed by atoms with E-state index in [-0.39, 0.29) is 17.8 Å². The number of rotatable bonds is 7. The predicted octanol–water partition coefficient (Wildman–Crippen LogP) is 2.96. The summed E-state index contributed by atoms with van der Waals surface area (Å²) >= 11 is 0. The second-order valence-corrected chi connectivity index (χ2v) is 7.65. The average molecular weight is 486 g/mol. The molecule has 182 valence electrons. The van der Waals surface area contributed by atoms with Crippen LogP contribution in [-0.2, 0) is 16.1 Å². The van der Waals surface area contributed by atoms with Gasteiger partial charge in [0.25, 0.3) is 11.5 Å². The van der Waals surface area contributed by atoms with E-state index < -0.39 is 24.5 Å². The fraction of sp³-hybridized carbons (Fsp3) is 0.115. The molecule has 0 bridgehead atoms. The Morgan fingerprint density at radius 3 is 2.25 bits per heavy atom. The van der Waals surface area contributed by atoms with Crippen molar-refractivity contribution < 1.29 is 23.9 Å². The lowest BCUT2D eigenvalue weighted by Gasteiger charge is -2.11. The van der Waals surface area contributed by atoms with Gasteiger partial charge in [-0.05, 0) is 35.9 Å². The van der Waals surface area contributed by atoms with E-state index in [9.17, 15) is 19.2 Å². The smallest absolute Gasteiger partial charge is 0.359 e. The van der Waals surface area contributed by atoms with Crippen molar-refractivity contribution in [1.29, 1.82) is 0 Å². The van der Waals surface area contributed by atoms with Gasteiger partial charge >= 0.3 is 12.0 Å². The van der Waals surface area contributed by atoms with Crippen molar-refractivity contribution in [3.8, 4) is 5.75 Å². The number of nitrogens with one attached hydrogen (secondary N) is 2. The first-order valence-corrected chi connectivity index (χ1v) is 10.9. The Hall–Kier alpha value is -4.99. The van der Waals surface area contributed by atoms with Gasteiger partial charge in [0, 0.05) is 11.1 Å². The van der Waals surface area contributed by atoms with Crippen molar-refractivity contribution in [2.24, 2.45) is 0 Å². The lowest BCUT2D eigenvalue weighted by atomic mass is 10.1. The molecular weight excluding hydrogens is 464 g/mol. The summed E-state index contributed by atoms with van der Waals surface area (Å²) in [5.41, 5.74) is 0.786. The zero-order valence-corrected chi connectivity index (χ0v) is 19.3. The molecule has 0 aliphatic rings. The van der Waals surface area contributed by atoms with Crippen molar-refractivity contribution in [2.75, 3.05) is 19.0 Å². The van der Waals surface area contributed by atoms with Crippen LogP contribution in [0.2, 0.25) is 0 Å². The van der Waals surface area contributed by atoms with Crippen LogP contribution in [0.5, 0.6) is 5.75 Å². The number of nitrogens with zero attached hydrogens (tertiary/aromatic N) is 2. The third-order valence-corrected chi connectivity index (χ3v) is 5.17. The van der Waals surface area contributed by atoms with Gasteiger partial charge < -0.3 is 14.8 Å². The molecule has 10 heteroatoms. The molecule has 3 aromatic carbocycles. The van der Waals surface area contributed by atoms with Gasteiger partial charge in [-0.15, -0.1) is 0 Å². The molecular formula is C26H22N4O6. The van der Waals surface area contributed by atoms with Crippen LogP contribution in [0.25, 0.3) is 10.8 Å². The summed E-state index contributed by atoms with van der Waals surface area (Å²) in [5, 5.41) is 9.37. The molecule has 0 saturated carbocycles. The van der Waals surface area contributed by atoms with Crippen LogP contribution in [0.1, 0.15) is 16.1 Å². The minimum Gasteiger partial charge on any atom is -0.497 e. The number of benzene rings is 3. The number of amides is 3. The largest absolute Gasteiger partial charge is 0.497 e. The Kier molecular flexibility index (Phi) is 7.35. The lowest BCUT2D eigenvalue weighted by Crippen LogP contribution is -2.37. The summed E-state index contributed by atoms with van der Waals surface area (Å²) < 4.78 is 11.3. The molecule has 2 N–H and O–H groups in total. The van der Waals surface area contributed by atoms with E-state index in [1.807, 2.05) is 30.3 Å². The van der Waals surface area contributed by atoms with Crippen LogP contribution in [0.3, 0.4) is 0 Å². The first kappa shape index (κ1) is 24.1. The number of urea groups is 1. The van der Waals surface area contributed by atoms with Crippen LogP contribution in [0.4, 0.5) is 10.5 Å². The van der Waals surface area contributed by atoms with E-state index in [1.54, 1.807) is 48.5 Å². The van der Waals surface area contributed by atoms with Gasteiger partial charge in [-0.2, -0.15) is 5.10 Å². The van der Waals surface area contributed by atoms with Gasteiger partial charge in [-0.1, -0.05) is 48.5 Å². The zero-order chi connectivity index (χ0) is 25.5. The first-order chi connectivity index (χ1) is 17.4. The molecule has 4 aromatic rings. The van der Waals surface area contributed by atoms with Crippen molar-refractivity contribution in [3.63, 3.8) is 0 Å².